The van der Waals surface area contributed by atoms with E-state index in [-0.39, 0.29) is 0 Å². The molecule has 3 rings (SSSR count). The molecule has 0 radical (unpaired) electrons. The van der Waals surface area contributed by atoms with Gasteiger partial charge in [-0.2, -0.15) is 0 Å². The van der Waals surface area contributed by atoms with Gasteiger partial charge in [0, 0.05) is 6.21 Å². The molecule has 34 heavy (non-hydrogen) atoms. The highest BCUT2D eigenvalue weighted by Crippen LogP contribution is 2.20. The quantitative estimate of drug-likeness (QED) is 0.119. The van der Waals surface area contributed by atoms with Crippen molar-refractivity contribution in [3.63, 3.8) is 0 Å². The molecule has 0 N–H and O–H groups in total. The van der Waals surface area contributed by atoms with Crippen molar-refractivity contribution in [2.24, 2.45) is 4.99 Å². The fourth-order valence-electron chi connectivity index (χ4n) is 3.47. The number of carbonyl (C=O) groups excluding carboxylic acids is 1. The standard InChI is InChI=1S/C30H35NO3/c1-4-5-6-7-8-21-33-28-19-13-26(14-20-28)30(32)34-29-17-9-24(10-18-29)22-31-27-15-11-25(12-16-27)23(2)3/h9-20,22-23H,4-8,21H2,1-3H3. The summed E-state index contributed by atoms with van der Waals surface area (Å²) in [7, 11) is 0. The van der Waals surface area contributed by atoms with Crippen LogP contribution >= 0.6 is 0 Å². The molecule has 0 bridgehead atoms. The van der Waals surface area contributed by atoms with Crippen LogP contribution in [0.15, 0.2) is 77.8 Å². The lowest BCUT2D eigenvalue weighted by Crippen LogP contribution is -2.08. The SMILES string of the molecule is CCCCCCCOc1ccc(C(=O)Oc2ccc(C=Nc3ccc(C(C)C)cc3)cc2)cc1. The molecule has 0 aliphatic rings. The zero-order valence-electron chi connectivity index (χ0n) is 20.5. The van der Waals surface area contributed by atoms with Crippen LogP contribution in [0.3, 0.4) is 0 Å². The van der Waals surface area contributed by atoms with Gasteiger partial charge in [-0.3, -0.25) is 4.99 Å². The zero-order valence-corrected chi connectivity index (χ0v) is 20.5. The van der Waals surface area contributed by atoms with E-state index in [4.69, 9.17) is 9.47 Å². The van der Waals surface area contributed by atoms with E-state index in [0.29, 0.717) is 23.8 Å². The van der Waals surface area contributed by atoms with Gasteiger partial charge in [0.25, 0.3) is 0 Å². The van der Waals surface area contributed by atoms with Crippen LogP contribution in [0.5, 0.6) is 11.5 Å². The number of rotatable bonds is 12. The van der Waals surface area contributed by atoms with E-state index in [1.807, 2.05) is 36.4 Å². The second kappa shape index (κ2) is 13.3. The Hall–Kier alpha value is -3.40. The zero-order chi connectivity index (χ0) is 24.2. The summed E-state index contributed by atoms with van der Waals surface area (Å²) in [5, 5.41) is 0. The molecule has 0 atom stereocenters. The number of esters is 1. The molecule has 0 aliphatic heterocycles. The summed E-state index contributed by atoms with van der Waals surface area (Å²) in [4.78, 5) is 17.0. The van der Waals surface area contributed by atoms with Crippen LogP contribution in [0.2, 0.25) is 0 Å². The number of unbranched alkanes of at least 4 members (excludes halogenated alkanes) is 4. The van der Waals surface area contributed by atoms with E-state index in [1.165, 1.54) is 31.2 Å². The van der Waals surface area contributed by atoms with Crippen LogP contribution < -0.4 is 9.47 Å². The minimum Gasteiger partial charge on any atom is -0.494 e. The highest BCUT2D eigenvalue weighted by atomic mass is 16.5. The molecule has 0 spiro atoms. The number of nitrogens with zero attached hydrogens (tertiary/aromatic N) is 1. The fourth-order valence-corrected chi connectivity index (χ4v) is 3.47. The first-order chi connectivity index (χ1) is 16.5. The molecule has 4 heteroatoms. The van der Waals surface area contributed by atoms with E-state index in [0.717, 1.165) is 23.4 Å². The molecule has 3 aromatic rings. The van der Waals surface area contributed by atoms with Gasteiger partial charge in [0.15, 0.2) is 0 Å². The van der Waals surface area contributed by atoms with Crippen LogP contribution in [0.25, 0.3) is 0 Å². The number of aliphatic imine (C=N–C) groups is 1. The molecule has 0 amide bonds. The van der Waals surface area contributed by atoms with Crippen molar-refractivity contribution in [2.75, 3.05) is 6.61 Å². The molecule has 0 aliphatic carbocycles. The van der Waals surface area contributed by atoms with Gasteiger partial charge in [-0.25, -0.2) is 4.79 Å². The van der Waals surface area contributed by atoms with Gasteiger partial charge >= 0.3 is 5.97 Å². The van der Waals surface area contributed by atoms with Crippen molar-refractivity contribution in [1.82, 2.24) is 0 Å². The second-order valence-electron chi connectivity index (χ2n) is 8.75. The molecule has 0 aromatic heterocycles. The van der Waals surface area contributed by atoms with Gasteiger partial charge < -0.3 is 9.47 Å². The first-order valence-electron chi connectivity index (χ1n) is 12.2. The van der Waals surface area contributed by atoms with Crippen molar-refractivity contribution < 1.29 is 14.3 Å². The van der Waals surface area contributed by atoms with Gasteiger partial charge in [0.1, 0.15) is 11.5 Å². The Morgan fingerprint density at radius 2 is 1.47 bits per heavy atom. The van der Waals surface area contributed by atoms with Crippen LogP contribution in [0, 0.1) is 0 Å². The monoisotopic (exact) mass is 457 g/mol. The van der Waals surface area contributed by atoms with E-state index < -0.39 is 5.97 Å². The van der Waals surface area contributed by atoms with Gasteiger partial charge in [0.2, 0.25) is 0 Å². The van der Waals surface area contributed by atoms with Crippen LogP contribution in [-0.2, 0) is 0 Å². The average molecular weight is 458 g/mol. The van der Waals surface area contributed by atoms with E-state index in [9.17, 15) is 4.79 Å². The smallest absolute Gasteiger partial charge is 0.343 e. The Morgan fingerprint density at radius 1 is 0.824 bits per heavy atom. The molecule has 0 saturated carbocycles. The first kappa shape index (κ1) is 25.2. The van der Waals surface area contributed by atoms with Crippen molar-refractivity contribution in [3.05, 3.63) is 89.5 Å². The lowest BCUT2D eigenvalue weighted by atomic mass is 10.0. The molecule has 0 unspecified atom stereocenters. The third-order valence-electron chi connectivity index (χ3n) is 5.62. The largest absolute Gasteiger partial charge is 0.494 e. The summed E-state index contributed by atoms with van der Waals surface area (Å²) < 4.78 is 11.3. The molecular weight excluding hydrogens is 422 g/mol. The first-order valence-corrected chi connectivity index (χ1v) is 12.2. The molecule has 0 heterocycles. The number of hydrogen-bond donors (Lipinski definition) is 0. The van der Waals surface area contributed by atoms with Crippen LogP contribution in [-0.4, -0.2) is 18.8 Å². The predicted molar refractivity (Wildman–Crippen MR) is 140 cm³/mol. The maximum Gasteiger partial charge on any atom is 0.343 e. The Labute approximate surface area is 203 Å². The van der Waals surface area contributed by atoms with E-state index in [2.05, 4.69) is 37.9 Å². The Bertz CT molecular complexity index is 1040. The van der Waals surface area contributed by atoms with Crippen molar-refractivity contribution in [1.29, 1.82) is 0 Å². The minimum absolute atomic E-state index is 0.391. The Balaban J connectivity index is 1.47. The number of hydrogen-bond acceptors (Lipinski definition) is 4. The van der Waals surface area contributed by atoms with Crippen molar-refractivity contribution in [3.8, 4) is 11.5 Å². The highest BCUT2D eigenvalue weighted by molar-refractivity contribution is 5.91. The Kier molecular flexibility index (Phi) is 9.90. The topological polar surface area (TPSA) is 47.9 Å². The molecule has 0 fully saturated rings. The van der Waals surface area contributed by atoms with Crippen LogP contribution in [0.4, 0.5) is 5.69 Å². The summed E-state index contributed by atoms with van der Waals surface area (Å²) in [6.45, 7) is 7.26. The summed E-state index contributed by atoms with van der Waals surface area (Å²) >= 11 is 0. The fraction of sp³-hybridized carbons (Fsp3) is 0.333. The minimum atomic E-state index is -0.391. The maximum absolute atomic E-state index is 12.5. The third kappa shape index (κ3) is 8.18. The highest BCUT2D eigenvalue weighted by Gasteiger charge is 2.09. The predicted octanol–water partition coefficient (Wildman–Crippen LogP) is 8.13. The molecule has 0 saturated heterocycles. The third-order valence-corrected chi connectivity index (χ3v) is 5.62. The summed E-state index contributed by atoms with van der Waals surface area (Å²) in [6.07, 6.45) is 7.82. The molecule has 4 nitrogen and oxygen atoms in total. The van der Waals surface area contributed by atoms with Gasteiger partial charge in [-0.15, -0.1) is 0 Å². The molecule has 3 aromatic carbocycles. The lowest BCUT2D eigenvalue weighted by molar-refractivity contribution is 0.0734. The summed E-state index contributed by atoms with van der Waals surface area (Å²) in [6, 6.07) is 22.7. The van der Waals surface area contributed by atoms with Crippen LogP contribution in [0.1, 0.15) is 80.3 Å². The summed E-state index contributed by atoms with van der Waals surface area (Å²) in [5.41, 5.74) is 3.63. The number of ether oxygens (including phenoxy) is 2. The maximum atomic E-state index is 12.5. The molecular formula is C30H35NO3. The van der Waals surface area contributed by atoms with Crippen molar-refractivity contribution in [2.45, 2.75) is 58.8 Å². The normalized spacial score (nSPS) is 11.2. The number of carbonyl (C=O) groups is 1. The molecule has 178 valence electrons. The lowest BCUT2D eigenvalue weighted by Gasteiger charge is -2.08. The van der Waals surface area contributed by atoms with Gasteiger partial charge in [0.05, 0.1) is 17.9 Å². The van der Waals surface area contributed by atoms with E-state index >= 15 is 0 Å². The summed E-state index contributed by atoms with van der Waals surface area (Å²) in [5.74, 6) is 1.38. The average Bonchev–Trinajstić information content (AvgIpc) is 2.86. The van der Waals surface area contributed by atoms with Gasteiger partial charge in [-0.1, -0.05) is 58.6 Å². The van der Waals surface area contributed by atoms with Gasteiger partial charge in [-0.05, 0) is 84.1 Å². The van der Waals surface area contributed by atoms with Crippen molar-refractivity contribution >= 4 is 17.9 Å². The van der Waals surface area contributed by atoms with E-state index in [1.54, 1.807) is 30.5 Å². The second-order valence-corrected chi connectivity index (χ2v) is 8.75. The Morgan fingerprint density at radius 3 is 2.12 bits per heavy atom. The number of benzene rings is 3.